The highest BCUT2D eigenvalue weighted by Gasteiger charge is 2.24. The Morgan fingerprint density at radius 2 is 2.11 bits per heavy atom. The fourth-order valence-corrected chi connectivity index (χ4v) is 3.67. The van der Waals surface area contributed by atoms with E-state index in [0.29, 0.717) is 53.1 Å². The van der Waals surface area contributed by atoms with E-state index in [1.54, 1.807) is 12.1 Å². The summed E-state index contributed by atoms with van der Waals surface area (Å²) in [5.74, 6) is 1.78. The van der Waals surface area contributed by atoms with Crippen LogP contribution in [0.3, 0.4) is 0 Å². The normalized spacial score (nSPS) is 18.1. The van der Waals surface area contributed by atoms with E-state index in [9.17, 15) is 4.39 Å². The number of fused-ring (bicyclic) bond motifs is 1. The second-order valence-corrected chi connectivity index (χ2v) is 7.56. The third kappa shape index (κ3) is 4.48. The van der Waals surface area contributed by atoms with Gasteiger partial charge in [-0.15, -0.1) is 0 Å². The number of hydrogen-bond acceptors (Lipinski definition) is 5. The smallest absolute Gasteiger partial charge is 0.231 e. The van der Waals surface area contributed by atoms with E-state index in [1.807, 2.05) is 17.0 Å². The summed E-state index contributed by atoms with van der Waals surface area (Å²) in [6.45, 7) is 2.43. The lowest BCUT2D eigenvalue weighted by Crippen LogP contribution is -2.49. The third-order valence-electron chi connectivity index (χ3n) is 4.38. The van der Waals surface area contributed by atoms with Gasteiger partial charge in [-0.05, 0) is 58.5 Å². The highest BCUT2D eigenvalue weighted by molar-refractivity contribution is 9.10. The molecule has 148 valence electrons. The molecule has 0 radical (unpaired) electrons. The molecule has 0 bridgehead atoms. The second-order valence-electron chi connectivity index (χ2n) is 6.32. The molecule has 28 heavy (non-hydrogen) atoms. The predicted molar refractivity (Wildman–Crippen MR) is 110 cm³/mol. The van der Waals surface area contributed by atoms with Crippen molar-refractivity contribution in [2.45, 2.75) is 6.10 Å². The topological polar surface area (TPSA) is 52.2 Å². The fraction of sp³-hybridized carbons (Fsp3) is 0.316. The van der Waals surface area contributed by atoms with Crippen molar-refractivity contribution in [3.8, 4) is 17.2 Å². The first-order valence-electron chi connectivity index (χ1n) is 8.73. The van der Waals surface area contributed by atoms with Gasteiger partial charge in [0.15, 0.2) is 16.6 Å². The highest BCUT2D eigenvalue weighted by Crippen LogP contribution is 2.35. The van der Waals surface area contributed by atoms with Crippen LogP contribution in [-0.4, -0.2) is 49.2 Å². The van der Waals surface area contributed by atoms with Gasteiger partial charge < -0.3 is 29.2 Å². The summed E-state index contributed by atoms with van der Waals surface area (Å²) >= 11 is 8.85. The lowest BCUT2D eigenvalue weighted by Gasteiger charge is -2.34. The van der Waals surface area contributed by atoms with Crippen LogP contribution in [0.4, 0.5) is 10.1 Å². The summed E-state index contributed by atoms with van der Waals surface area (Å²) in [7, 11) is 0. The number of morpholine rings is 1. The maximum atomic E-state index is 13.2. The Balaban J connectivity index is 1.31. The van der Waals surface area contributed by atoms with Gasteiger partial charge in [0, 0.05) is 23.6 Å². The Morgan fingerprint density at radius 1 is 1.25 bits per heavy atom. The number of halogens is 2. The summed E-state index contributed by atoms with van der Waals surface area (Å²) in [6, 6.07) is 9.90. The maximum Gasteiger partial charge on any atom is 0.231 e. The summed E-state index contributed by atoms with van der Waals surface area (Å²) in [5, 5.41) is 3.71. The van der Waals surface area contributed by atoms with Gasteiger partial charge >= 0.3 is 0 Å². The number of nitrogens with zero attached hydrogens (tertiary/aromatic N) is 1. The SMILES string of the molecule is Fc1ccc(NC(=S)N2CCOC(COc3ccc4c(c3)OCO4)C2)c(Br)c1. The van der Waals surface area contributed by atoms with E-state index in [1.165, 1.54) is 12.1 Å². The van der Waals surface area contributed by atoms with Gasteiger partial charge in [-0.2, -0.15) is 0 Å². The molecule has 2 aromatic rings. The molecule has 0 spiro atoms. The number of benzene rings is 2. The summed E-state index contributed by atoms with van der Waals surface area (Å²) in [6.07, 6.45) is -0.129. The zero-order valence-electron chi connectivity index (χ0n) is 14.8. The minimum absolute atomic E-state index is 0.129. The third-order valence-corrected chi connectivity index (χ3v) is 5.40. The standard InChI is InChI=1S/C19H18BrFN2O4S/c20-15-7-12(21)1-3-16(15)22-19(28)23-5-6-24-14(9-23)10-25-13-2-4-17-18(8-13)27-11-26-17/h1-4,7-8,14H,5-6,9-11H2,(H,22,28). The summed E-state index contributed by atoms with van der Waals surface area (Å²) in [4.78, 5) is 2.02. The van der Waals surface area contributed by atoms with Gasteiger partial charge in [-0.25, -0.2) is 4.39 Å². The Morgan fingerprint density at radius 3 is 2.96 bits per heavy atom. The Hall–Kier alpha value is -2.10. The molecule has 1 fully saturated rings. The molecule has 1 atom stereocenters. The Kier molecular flexibility index (Phi) is 5.84. The van der Waals surface area contributed by atoms with Crippen LogP contribution in [0.2, 0.25) is 0 Å². The lowest BCUT2D eigenvalue weighted by molar-refractivity contribution is -0.0280. The van der Waals surface area contributed by atoms with Crippen molar-refractivity contribution in [3.05, 3.63) is 46.7 Å². The number of anilines is 1. The number of ether oxygens (including phenoxy) is 4. The fourth-order valence-electron chi connectivity index (χ4n) is 2.95. The van der Waals surface area contributed by atoms with Gasteiger partial charge in [0.1, 0.15) is 24.3 Å². The van der Waals surface area contributed by atoms with Gasteiger partial charge in [0.2, 0.25) is 6.79 Å². The van der Waals surface area contributed by atoms with E-state index in [4.69, 9.17) is 31.2 Å². The number of thiocarbonyl (C=S) groups is 1. The van der Waals surface area contributed by atoms with Crippen LogP contribution < -0.4 is 19.5 Å². The van der Waals surface area contributed by atoms with Gasteiger partial charge in [0.25, 0.3) is 0 Å². The van der Waals surface area contributed by atoms with Crippen molar-refractivity contribution >= 4 is 38.9 Å². The van der Waals surface area contributed by atoms with E-state index in [2.05, 4.69) is 21.2 Å². The van der Waals surface area contributed by atoms with Crippen LogP contribution in [-0.2, 0) is 4.74 Å². The average molecular weight is 469 g/mol. The van der Waals surface area contributed by atoms with Crippen LogP contribution >= 0.6 is 28.1 Å². The average Bonchev–Trinajstić information content (AvgIpc) is 3.16. The van der Waals surface area contributed by atoms with Crippen LogP contribution in [0, 0.1) is 5.82 Å². The van der Waals surface area contributed by atoms with Crippen LogP contribution in [0.15, 0.2) is 40.9 Å². The molecule has 1 unspecified atom stereocenters. The summed E-state index contributed by atoms with van der Waals surface area (Å²) in [5.41, 5.74) is 0.714. The zero-order chi connectivity index (χ0) is 19.5. The van der Waals surface area contributed by atoms with E-state index in [-0.39, 0.29) is 18.7 Å². The van der Waals surface area contributed by atoms with E-state index >= 15 is 0 Å². The van der Waals surface area contributed by atoms with Gasteiger partial charge in [0.05, 0.1) is 12.3 Å². The monoisotopic (exact) mass is 468 g/mol. The molecule has 2 heterocycles. The molecule has 1 saturated heterocycles. The van der Waals surface area contributed by atoms with Crippen LogP contribution in [0.25, 0.3) is 0 Å². The molecule has 2 aliphatic heterocycles. The first-order valence-corrected chi connectivity index (χ1v) is 9.93. The molecule has 4 rings (SSSR count). The first kappa shape index (κ1) is 19.2. The molecule has 6 nitrogen and oxygen atoms in total. The van der Waals surface area contributed by atoms with Crippen molar-refractivity contribution < 1.29 is 23.3 Å². The van der Waals surface area contributed by atoms with Crippen LogP contribution in [0.1, 0.15) is 0 Å². The van der Waals surface area contributed by atoms with Crippen LogP contribution in [0.5, 0.6) is 17.2 Å². The van der Waals surface area contributed by atoms with Crippen molar-refractivity contribution in [2.75, 3.05) is 38.4 Å². The molecular formula is C19H18BrFN2O4S. The van der Waals surface area contributed by atoms with Crippen molar-refractivity contribution in [1.29, 1.82) is 0 Å². The molecule has 9 heteroatoms. The van der Waals surface area contributed by atoms with Crippen molar-refractivity contribution in [2.24, 2.45) is 0 Å². The second kappa shape index (κ2) is 8.50. The zero-order valence-corrected chi connectivity index (χ0v) is 17.2. The lowest BCUT2D eigenvalue weighted by atomic mass is 10.2. The Bertz CT molecular complexity index is 885. The van der Waals surface area contributed by atoms with Gasteiger partial charge in [-0.3, -0.25) is 0 Å². The molecule has 0 aromatic heterocycles. The van der Waals surface area contributed by atoms with E-state index < -0.39 is 0 Å². The van der Waals surface area contributed by atoms with E-state index in [0.717, 1.165) is 5.75 Å². The molecule has 2 aliphatic rings. The predicted octanol–water partition coefficient (Wildman–Crippen LogP) is 3.79. The molecule has 0 aliphatic carbocycles. The quantitative estimate of drug-likeness (QED) is 0.684. The van der Waals surface area contributed by atoms with Gasteiger partial charge in [-0.1, -0.05) is 0 Å². The highest BCUT2D eigenvalue weighted by atomic mass is 79.9. The molecule has 1 N–H and O–H groups in total. The molecule has 0 amide bonds. The number of hydrogen-bond donors (Lipinski definition) is 1. The number of rotatable bonds is 4. The summed E-state index contributed by atoms with van der Waals surface area (Å²) < 4.78 is 36.2. The largest absolute Gasteiger partial charge is 0.491 e. The first-order chi connectivity index (χ1) is 13.6. The molecular weight excluding hydrogens is 451 g/mol. The molecule has 2 aromatic carbocycles. The number of nitrogens with one attached hydrogen (secondary N) is 1. The Labute approximate surface area is 175 Å². The minimum Gasteiger partial charge on any atom is -0.491 e. The molecule has 0 saturated carbocycles. The maximum absolute atomic E-state index is 13.2. The minimum atomic E-state index is -0.310. The van der Waals surface area contributed by atoms with Crippen molar-refractivity contribution in [1.82, 2.24) is 4.90 Å². The van der Waals surface area contributed by atoms with Crippen molar-refractivity contribution in [3.63, 3.8) is 0 Å².